The van der Waals surface area contributed by atoms with Gasteiger partial charge < -0.3 is 15.0 Å². The summed E-state index contributed by atoms with van der Waals surface area (Å²) in [6.07, 6.45) is 5.22. The first-order valence-electron chi connectivity index (χ1n) is 14.3. The normalized spacial score (nSPS) is 26.5. The Balaban J connectivity index is 1.25. The van der Waals surface area contributed by atoms with Gasteiger partial charge in [0.15, 0.2) is 0 Å². The van der Waals surface area contributed by atoms with E-state index in [2.05, 4.69) is 38.8 Å². The second kappa shape index (κ2) is 10.9. The van der Waals surface area contributed by atoms with Crippen LogP contribution in [0, 0.1) is 12.8 Å². The van der Waals surface area contributed by atoms with Gasteiger partial charge in [0.05, 0.1) is 6.04 Å². The molecule has 7 nitrogen and oxygen atoms in total. The summed E-state index contributed by atoms with van der Waals surface area (Å²) in [6, 6.07) is 8.12. The molecule has 2 saturated heterocycles. The number of carbonyl (C=O) groups is 1. The number of aromatic hydroxyl groups is 1. The Morgan fingerprint density at radius 2 is 1.68 bits per heavy atom. The summed E-state index contributed by atoms with van der Waals surface area (Å²) < 4.78 is 29.6. The Morgan fingerprint density at radius 1 is 1.05 bits per heavy atom. The van der Waals surface area contributed by atoms with Crippen LogP contribution >= 0.6 is 0 Å². The summed E-state index contributed by atoms with van der Waals surface area (Å²) in [4.78, 5) is 15.7. The lowest BCUT2D eigenvalue weighted by atomic mass is 9.86. The largest absolute Gasteiger partial charge is 0.508 e. The minimum atomic E-state index is -2.65. The van der Waals surface area contributed by atoms with Gasteiger partial charge in [-0.3, -0.25) is 9.69 Å². The molecule has 3 heterocycles. The summed E-state index contributed by atoms with van der Waals surface area (Å²) in [7, 11) is 0. The Hall–Kier alpha value is -2.55. The number of fused-ring (bicyclic) bond motifs is 2. The van der Waals surface area contributed by atoms with Gasteiger partial charge in [0, 0.05) is 49.3 Å². The van der Waals surface area contributed by atoms with Gasteiger partial charge in [-0.25, -0.2) is 8.78 Å². The van der Waals surface area contributed by atoms with Crippen LogP contribution in [0.3, 0.4) is 0 Å². The number of nitrogens with one attached hydrogen (secondary N) is 1. The number of piperidine rings is 1. The fraction of sp³-hybridized carbons (Fsp3) is 0.690. The van der Waals surface area contributed by atoms with Crippen molar-refractivity contribution in [1.82, 2.24) is 25.0 Å². The third kappa shape index (κ3) is 5.72. The molecule has 38 heavy (non-hydrogen) atoms. The molecule has 1 aromatic carbocycles. The van der Waals surface area contributed by atoms with E-state index >= 15 is 0 Å². The topological polar surface area (TPSA) is 83.3 Å². The van der Waals surface area contributed by atoms with Crippen LogP contribution in [-0.4, -0.2) is 55.2 Å². The Morgan fingerprint density at radius 3 is 2.29 bits per heavy atom. The van der Waals surface area contributed by atoms with Crippen molar-refractivity contribution in [2.24, 2.45) is 5.92 Å². The van der Waals surface area contributed by atoms with Crippen LogP contribution < -0.4 is 5.32 Å². The molecule has 2 unspecified atom stereocenters. The maximum atomic E-state index is 13.6. The average Bonchev–Trinajstić information content (AvgIpc) is 3.37. The van der Waals surface area contributed by atoms with Crippen molar-refractivity contribution in [3.63, 3.8) is 0 Å². The smallest absolute Gasteiger partial charge is 0.248 e. The van der Waals surface area contributed by atoms with Gasteiger partial charge in [0.2, 0.25) is 11.8 Å². The second-order valence-electron chi connectivity index (χ2n) is 11.9. The number of aromatic nitrogens is 3. The zero-order valence-corrected chi connectivity index (χ0v) is 22.7. The number of nitrogens with zero attached hydrogens (tertiary/aromatic N) is 4. The first-order valence-corrected chi connectivity index (χ1v) is 14.3. The van der Waals surface area contributed by atoms with E-state index in [-0.39, 0.29) is 49.3 Å². The minimum Gasteiger partial charge on any atom is -0.508 e. The quantitative estimate of drug-likeness (QED) is 0.461. The zero-order chi connectivity index (χ0) is 27.0. The molecule has 1 aromatic heterocycles. The molecule has 208 valence electrons. The summed E-state index contributed by atoms with van der Waals surface area (Å²) in [5, 5.41) is 21.8. The number of carbonyl (C=O) groups excluding carboxylic acids is 1. The molecular weight excluding hydrogens is 488 g/mol. The van der Waals surface area contributed by atoms with Gasteiger partial charge in [-0.2, -0.15) is 0 Å². The molecular formula is C29H41F2N5O2. The van der Waals surface area contributed by atoms with Crippen LogP contribution in [0.4, 0.5) is 8.78 Å². The second-order valence-corrected chi connectivity index (χ2v) is 11.9. The van der Waals surface area contributed by atoms with E-state index < -0.39 is 5.92 Å². The van der Waals surface area contributed by atoms with Crippen molar-refractivity contribution in [1.29, 1.82) is 0 Å². The first kappa shape index (κ1) is 27.0. The molecule has 5 rings (SSSR count). The molecule has 3 aliphatic rings. The van der Waals surface area contributed by atoms with Gasteiger partial charge in [0.25, 0.3) is 0 Å². The van der Waals surface area contributed by atoms with Crippen LogP contribution in [0.15, 0.2) is 24.3 Å². The van der Waals surface area contributed by atoms with Crippen molar-refractivity contribution < 1.29 is 18.7 Å². The van der Waals surface area contributed by atoms with Crippen molar-refractivity contribution >= 4 is 5.91 Å². The number of hydrogen-bond acceptors (Lipinski definition) is 5. The van der Waals surface area contributed by atoms with E-state index in [9.17, 15) is 18.7 Å². The number of hydrogen-bond donors (Lipinski definition) is 2. The summed E-state index contributed by atoms with van der Waals surface area (Å²) in [5.74, 6) is -0.596. The lowest BCUT2D eigenvalue weighted by molar-refractivity contribution is -0.130. The third-order valence-electron chi connectivity index (χ3n) is 9.01. The number of phenolic OH excluding ortho intramolecular Hbond substituents is 1. The minimum absolute atomic E-state index is 0.135. The number of benzene rings is 1. The number of alkyl halides is 2. The van der Waals surface area contributed by atoms with Crippen molar-refractivity contribution in [2.45, 2.75) is 115 Å². The van der Waals surface area contributed by atoms with Crippen LogP contribution in [0.2, 0.25) is 0 Å². The summed E-state index contributed by atoms with van der Waals surface area (Å²) in [5.41, 5.74) is 0.932. The fourth-order valence-corrected chi connectivity index (χ4v) is 6.95. The highest BCUT2D eigenvalue weighted by Crippen LogP contribution is 2.42. The molecule has 1 saturated carbocycles. The molecule has 1 amide bonds. The predicted octanol–water partition coefficient (Wildman–Crippen LogP) is 5.66. The van der Waals surface area contributed by atoms with Crippen LogP contribution in [0.1, 0.15) is 107 Å². The highest BCUT2D eigenvalue weighted by atomic mass is 19.3. The molecule has 3 atom stereocenters. The van der Waals surface area contributed by atoms with Crippen molar-refractivity contribution in [2.75, 3.05) is 6.54 Å². The fourth-order valence-electron chi connectivity index (χ4n) is 6.95. The van der Waals surface area contributed by atoms with Gasteiger partial charge >= 0.3 is 0 Å². The average molecular weight is 530 g/mol. The lowest BCUT2D eigenvalue weighted by Crippen LogP contribution is -2.45. The molecule has 0 radical (unpaired) electrons. The molecule has 3 fully saturated rings. The third-order valence-corrected chi connectivity index (χ3v) is 9.01. The Labute approximate surface area is 224 Å². The number of phenols is 1. The van der Waals surface area contributed by atoms with Crippen molar-refractivity contribution in [3.8, 4) is 5.75 Å². The van der Waals surface area contributed by atoms with Crippen LogP contribution in [-0.2, 0) is 4.79 Å². The molecule has 2 bridgehead atoms. The monoisotopic (exact) mass is 529 g/mol. The van der Waals surface area contributed by atoms with E-state index in [1.807, 2.05) is 19.1 Å². The molecule has 2 aromatic rings. The first-order chi connectivity index (χ1) is 18.1. The molecule has 9 heteroatoms. The van der Waals surface area contributed by atoms with Gasteiger partial charge in [0.1, 0.15) is 17.4 Å². The number of halogens is 2. The highest BCUT2D eigenvalue weighted by molar-refractivity contribution is 5.79. The predicted molar refractivity (Wildman–Crippen MR) is 141 cm³/mol. The molecule has 2 N–H and O–H groups in total. The molecule has 1 aliphatic carbocycles. The van der Waals surface area contributed by atoms with Crippen LogP contribution in [0.25, 0.3) is 0 Å². The highest BCUT2D eigenvalue weighted by Gasteiger charge is 2.42. The van der Waals surface area contributed by atoms with Crippen LogP contribution in [0.5, 0.6) is 5.75 Å². The summed E-state index contributed by atoms with van der Waals surface area (Å²) >= 11 is 0. The number of amides is 1. The summed E-state index contributed by atoms with van der Waals surface area (Å²) in [6.45, 7) is 7.24. The standard InChI is InChI=1S/C29H41F2N5O2/c1-18(2)27-34-33-19(3)36(27)24-16-22-6-7-23(17-24)35(22)15-12-26(20-4-8-25(37)9-5-20)32-28(38)21-10-13-29(30,31)14-11-21/h4-5,8-9,18,21-24,26,37H,6-7,10-17H2,1-3H3,(H,32,38)/t22?,23?,24?,26-/m0/s1. The van der Waals surface area contributed by atoms with E-state index in [1.165, 1.54) is 12.8 Å². The lowest BCUT2D eigenvalue weighted by Gasteiger charge is -2.40. The Bertz CT molecular complexity index is 1090. The molecule has 2 aliphatic heterocycles. The van der Waals surface area contributed by atoms with Gasteiger partial charge in [-0.1, -0.05) is 26.0 Å². The zero-order valence-electron chi connectivity index (χ0n) is 22.7. The maximum absolute atomic E-state index is 13.6. The van der Waals surface area contributed by atoms with Crippen molar-refractivity contribution in [3.05, 3.63) is 41.5 Å². The number of aryl methyl sites for hydroxylation is 1. The van der Waals surface area contributed by atoms with Gasteiger partial charge in [-0.15, -0.1) is 10.2 Å². The molecule has 0 spiro atoms. The number of rotatable bonds is 8. The van der Waals surface area contributed by atoms with Gasteiger partial charge in [-0.05, 0) is 69.6 Å². The SMILES string of the molecule is Cc1nnc(C(C)C)n1C1CC2CCC(C1)N2CC[C@H](NC(=O)C1CCC(F)(F)CC1)c1ccc(O)cc1. The van der Waals surface area contributed by atoms with E-state index in [0.29, 0.717) is 24.0 Å². The van der Waals surface area contributed by atoms with E-state index in [1.54, 1.807) is 12.1 Å². The maximum Gasteiger partial charge on any atom is 0.248 e. The van der Waals surface area contributed by atoms with E-state index in [4.69, 9.17) is 0 Å². The van der Waals surface area contributed by atoms with E-state index in [0.717, 1.165) is 43.0 Å². The Kier molecular flexibility index (Phi) is 7.76.